The molecule has 0 atom stereocenters. The van der Waals surface area contributed by atoms with Crippen molar-refractivity contribution < 1.29 is 18.8 Å². The molecule has 0 bridgehead atoms. The van der Waals surface area contributed by atoms with Crippen LogP contribution in [0.1, 0.15) is 29.0 Å². The van der Waals surface area contributed by atoms with Gasteiger partial charge in [0.05, 0.1) is 6.42 Å². The Hall–Kier alpha value is -4.39. The van der Waals surface area contributed by atoms with Gasteiger partial charge in [-0.05, 0) is 66.9 Å². The van der Waals surface area contributed by atoms with Gasteiger partial charge in [-0.25, -0.2) is 0 Å². The Morgan fingerprint density at radius 2 is 1.38 bits per heavy atom. The van der Waals surface area contributed by atoms with Gasteiger partial charge in [0.2, 0.25) is 11.8 Å². The van der Waals surface area contributed by atoms with Gasteiger partial charge in [-0.1, -0.05) is 30.3 Å². The highest BCUT2D eigenvalue weighted by Crippen LogP contribution is 2.30. The smallest absolute Gasteiger partial charge is 0.291 e. The third kappa shape index (κ3) is 5.15. The number of benzene rings is 3. The summed E-state index contributed by atoms with van der Waals surface area (Å²) in [5.74, 6) is -0.0616. The number of carbonyl (C=O) groups excluding carboxylic acids is 3. The number of rotatable bonds is 7. The zero-order valence-corrected chi connectivity index (χ0v) is 18.3. The fourth-order valence-corrected chi connectivity index (χ4v) is 3.61. The lowest BCUT2D eigenvalue weighted by Crippen LogP contribution is -2.15. The van der Waals surface area contributed by atoms with Crippen molar-refractivity contribution >= 4 is 45.8 Å². The summed E-state index contributed by atoms with van der Waals surface area (Å²) in [5.41, 5.74) is 3.46. The van der Waals surface area contributed by atoms with Crippen LogP contribution in [-0.4, -0.2) is 17.7 Å². The van der Waals surface area contributed by atoms with Crippen molar-refractivity contribution in [3.05, 3.63) is 90.2 Å². The van der Waals surface area contributed by atoms with Gasteiger partial charge < -0.3 is 20.4 Å². The number of furan rings is 1. The molecule has 1 heterocycles. The number of carbonyl (C=O) groups is 3. The number of para-hydroxylation sites is 1. The summed E-state index contributed by atoms with van der Waals surface area (Å²) in [7, 11) is 0. The number of hydrogen-bond acceptors (Lipinski definition) is 4. The van der Waals surface area contributed by atoms with Crippen LogP contribution in [0.5, 0.6) is 0 Å². The minimum absolute atomic E-state index is 0.0500. The van der Waals surface area contributed by atoms with E-state index in [4.69, 9.17) is 4.42 Å². The maximum absolute atomic E-state index is 12.5. The van der Waals surface area contributed by atoms with Gasteiger partial charge in [0.25, 0.3) is 5.91 Å². The lowest BCUT2D eigenvalue weighted by atomic mass is 10.1. The summed E-state index contributed by atoms with van der Waals surface area (Å²) in [6.07, 6.45) is 2.10. The van der Waals surface area contributed by atoms with Gasteiger partial charge >= 0.3 is 0 Å². The number of hydrogen-bond donors (Lipinski definition) is 3. The van der Waals surface area contributed by atoms with Crippen molar-refractivity contribution in [2.75, 3.05) is 16.0 Å². The molecule has 7 heteroatoms. The first-order valence-electron chi connectivity index (χ1n) is 11.1. The van der Waals surface area contributed by atoms with E-state index >= 15 is 0 Å². The highest BCUT2D eigenvalue weighted by Gasteiger charge is 2.29. The molecule has 3 N–H and O–H groups in total. The molecule has 1 aromatic heterocycles. The number of nitrogens with one attached hydrogen (secondary N) is 3. The monoisotopic (exact) mass is 453 g/mol. The predicted molar refractivity (Wildman–Crippen MR) is 131 cm³/mol. The van der Waals surface area contributed by atoms with E-state index in [1.165, 1.54) is 0 Å². The van der Waals surface area contributed by atoms with Crippen molar-refractivity contribution in [1.82, 2.24) is 0 Å². The molecule has 1 aliphatic rings. The molecule has 3 amide bonds. The van der Waals surface area contributed by atoms with Crippen LogP contribution in [0.4, 0.5) is 17.1 Å². The Balaban J connectivity index is 1.13. The van der Waals surface area contributed by atoms with Crippen LogP contribution >= 0.6 is 0 Å². The van der Waals surface area contributed by atoms with E-state index in [0.717, 1.165) is 29.5 Å². The second kappa shape index (κ2) is 9.23. The first-order valence-corrected chi connectivity index (χ1v) is 11.1. The SMILES string of the molecule is O=C(Cc1ccc(NC(=O)c2cc3ccccc3o2)cc1)Nc1ccc(NC(=O)C2CC2)cc1. The number of fused-ring (bicyclic) bond motifs is 1. The quantitative estimate of drug-likeness (QED) is 0.357. The molecule has 1 fully saturated rings. The Kier molecular flexibility index (Phi) is 5.82. The second-order valence-electron chi connectivity index (χ2n) is 8.37. The van der Waals surface area contributed by atoms with E-state index in [9.17, 15) is 14.4 Å². The number of anilines is 3. The van der Waals surface area contributed by atoms with E-state index in [-0.39, 0.29) is 35.8 Å². The summed E-state index contributed by atoms with van der Waals surface area (Å²) in [6.45, 7) is 0. The van der Waals surface area contributed by atoms with Crippen molar-refractivity contribution in [1.29, 1.82) is 0 Å². The van der Waals surface area contributed by atoms with Gasteiger partial charge in [0.15, 0.2) is 5.76 Å². The minimum atomic E-state index is -0.335. The lowest BCUT2D eigenvalue weighted by molar-refractivity contribution is -0.117. The van der Waals surface area contributed by atoms with Crippen molar-refractivity contribution in [2.24, 2.45) is 5.92 Å². The van der Waals surface area contributed by atoms with Crippen molar-refractivity contribution in [3.8, 4) is 0 Å². The largest absolute Gasteiger partial charge is 0.451 e. The molecule has 34 heavy (non-hydrogen) atoms. The fraction of sp³-hybridized carbons (Fsp3) is 0.148. The van der Waals surface area contributed by atoms with Crippen molar-refractivity contribution in [3.63, 3.8) is 0 Å². The van der Waals surface area contributed by atoms with Crippen LogP contribution in [0.15, 0.2) is 83.3 Å². The topological polar surface area (TPSA) is 100 Å². The first-order chi connectivity index (χ1) is 16.5. The molecule has 0 unspecified atom stereocenters. The molecule has 4 aromatic rings. The molecule has 5 rings (SSSR count). The van der Waals surface area contributed by atoms with Gasteiger partial charge in [-0.15, -0.1) is 0 Å². The average Bonchev–Trinajstić information content (AvgIpc) is 3.60. The van der Waals surface area contributed by atoms with Gasteiger partial charge in [-0.2, -0.15) is 0 Å². The molecule has 1 aliphatic carbocycles. The van der Waals surface area contributed by atoms with E-state index in [1.807, 2.05) is 24.3 Å². The van der Waals surface area contributed by atoms with Crippen LogP contribution in [0.25, 0.3) is 11.0 Å². The molecule has 0 aliphatic heterocycles. The predicted octanol–water partition coefficient (Wildman–Crippen LogP) is 5.21. The Bertz CT molecular complexity index is 1320. The molecule has 0 radical (unpaired) electrons. The summed E-state index contributed by atoms with van der Waals surface area (Å²) in [6, 6.07) is 23.3. The summed E-state index contributed by atoms with van der Waals surface area (Å²) < 4.78 is 5.59. The zero-order chi connectivity index (χ0) is 23.5. The first kappa shape index (κ1) is 21.5. The van der Waals surface area contributed by atoms with Crippen LogP contribution < -0.4 is 16.0 Å². The maximum Gasteiger partial charge on any atom is 0.291 e. The van der Waals surface area contributed by atoms with Gasteiger partial charge in [0, 0.05) is 28.4 Å². The Morgan fingerprint density at radius 3 is 2.06 bits per heavy atom. The molecule has 3 aromatic carbocycles. The van der Waals surface area contributed by atoms with Crippen LogP contribution in [0, 0.1) is 5.92 Å². The molecular weight excluding hydrogens is 430 g/mol. The Labute approximate surface area is 196 Å². The fourth-order valence-electron chi connectivity index (χ4n) is 3.61. The normalized spacial score (nSPS) is 12.8. The lowest BCUT2D eigenvalue weighted by Gasteiger charge is -2.08. The second-order valence-corrected chi connectivity index (χ2v) is 8.37. The zero-order valence-electron chi connectivity index (χ0n) is 18.3. The highest BCUT2D eigenvalue weighted by molar-refractivity contribution is 6.04. The van der Waals surface area contributed by atoms with E-state index < -0.39 is 0 Å². The van der Waals surface area contributed by atoms with E-state index in [1.54, 1.807) is 54.6 Å². The van der Waals surface area contributed by atoms with E-state index in [0.29, 0.717) is 17.0 Å². The molecule has 1 saturated carbocycles. The van der Waals surface area contributed by atoms with Crippen LogP contribution in [0.3, 0.4) is 0 Å². The number of amides is 3. The average molecular weight is 453 g/mol. The van der Waals surface area contributed by atoms with Crippen LogP contribution in [0.2, 0.25) is 0 Å². The minimum Gasteiger partial charge on any atom is -0.451 e. The third-order valence-electron chi connectivity index (χ3n) is 5.61. The maximum atomic E-state index is 12.5. The Morgan fingerprint density at radius 1 is 0.765 bits per heavy atom. The van der Waals surface area contributed by atoms with Gasteiger partial charge in [-0.3, -0.25) is 14.4 Å². The van der Waals surface area contributed by atoms with Crippen molar-refractivity contribution in [2.45, 2.75) is 19.3 Å². The molecule has 170 valence electrons. The summed E-state index contributed by atoms with van der Waals surface area (Å²) in [5, 5.41) is 9.40. The van der Waals surface area contributed by atoms with Crippen LogP contribution in [-0.2, 0) is 16.0 Å². The molecule has 7 nitrogen and oxygen atoms in total. The standard InChI is InChI=1S/C27H23N3O4/c31-25(28-20-11-13-22(14-12-20)29-26(32)18-7-8-18)15-17-5-9-21(10-6-17)30-27(33)24-16-19-3-1-2-4-23(19)34-24/h1-6,9-14,16,18H,7-8,15H2,(H,28,31)(H,29,32)(H,30,33). The molecular formula is C27H23N3O4. The third-order valence-corrected chi connectivity index (χ3v) is 5.61. The summed E-state index contributed by atoms with van der Waals surface area (Å²) >= 11 is 0. The van der Waals surface area contributed by atoms with Gasteiger partial charge in [0.1, 0.15) is 5.58 Å². The van der Waals surface area contributed by atoms with E-state index in [2.05, 4.69) is 16.0 Å². The molecule has 0 saturated heterocycles. The molecule has 0 spiro atoms. The highest BCUT2D eigenvalue weighted by atomic mass is 16.3. The summed E-state index contributed by atoms with van der Waals surface area (Å²) in [4.78, 5) is 36.7.